The van der Waals surface area contributed by atoms with Crippen LogP contribution in [-0.4, -0.2) is 10.4 Å². The number of halogens is 1. The Morgan fingerprint density at radius 2 is 1.46 bits per heavy atom. The summed E-state index contributed by atoms with van der Waals surface area (Å²) in [7, 11) is 0. The lowest BCUT2D eigenvalue weighted by molar-refractivity contribution is 0.103. The third-order valence-electron chi connectivity index (χ3n) is 5.40. The molecule has 0 aliphatic heterocycles. The van der Waals surface area contributed by atoms with Crippen molar-refractivity contribution in [2.24, 2.45) is 0 Å². The summed E-state index contributed by atoms with van der Waals surface area (Å²) in [5.41, 5.74) is 1.77. The van der Waals surface area contributed by atoms with Crippen LogP contribution in [0.15, 0.2) is 54.7 Å². The maximum Gasteiger partial charge on any atom is 0.198 e. The van der Waals surface area contributed by atoms with Crippen LogP contribution in [0.25, 0.3) is 10.9 Å². The third-order valence-corrected chi connectivity index (χ3v) is 5.40. The molecule has 0 saturated heterocycles. The van der Waals surface area contributed by atoms with Crippen LogP contribution in [-0.2, 0) is 6.54 Å². The van der Waals surface area contributed by atoms with E-state index in [0.717, 1.165) is 23.9 Å². The summed E-state index contributed by atoms with van der Waals surface area (Å²) in [4.78, 5) is 12.9. The summed E-state index contributed by atoms with van der Waals surface area (Å²) >= 11 is 0. The van der Waals surface area contributed by atoms with Gasteiger partial charge in [-0.05, 0) is 24.6 Å². The molecular formula is C25H30FNO. The zero-order chi connectivity index (χ0) is 19.8. The number of aryl methyl sites for hydroxylation is 1. The van der Waals surface area contributed by atoms with Gasteiger partial charge in [-0.1, -0.05) is 82.2 Å². The number of hydrogen-bond acceptors (Lipinski definition) is 1. The van der Waals surface area contributed by atoms with Gasteiger partial charge >= 0.3 is 0 Å². The Labute approximate surface area is 167 Å². The largest absolute Gasteiger partial charge is 0.347 e. The number of ketones is 1. The average Bonchev–Trinajstić information content (AvgIpc) is 3.09. The predicted molar refractivity (Wildman–Crippen MR) is 114 cm³/mol. The van der Waals surface area contributed by atoms with Crippen LogP contribution >= 0.6 is 0 Å². The van der Waals surface area contributed by atoms with Gasteiger partial charge in [0.1, 0.15) is 5.82 Å². The van der Waals surface area contributed by atoms with Crippen LogP contribution < -0.4 is 0 Å². The van der Waals surface area contributed by atoms with Crippen molar-refractivity contribution in [3.63, 3.8) is 0 Å². The Bertz CT molecular complexity index is 912. The summed E-state index contributed by atoms with van der Waals surface area (Å²) in [6.45, 7) is 3.13. The Morgan fingerprint density at radius 3 is 2.21 bits per heavy atom. The molecule has 0 atom stereocenters. The predicted octanol–water partition coefficient (Wildman–Crippen LogP) is 7.15. The second kappa shape index (κ2) is 10.2. The van der Waals surface area contributed by atoms with E-state index in [2.05, 4.69) is 11.5 Å². The molecule has 0 spiro atoms. The van der Waals surface area contributed by atoms with E-state index in [4.69, 9.17) is 0 Å². The van der Waals surface area contributed by atoms with Crippen molar-refractivity contribution >= 4 is 16.7 Å². The molecule has 1 heterocycles. The van der Waals surface area contributed by atoms with Gasteiger partial charge in [0, 0.05) is 29.2 Å². The second-order valence-corrected chi connectivity index (χ2v) is 7.54. The molecule has 0 radical (unpaired) electrons. The number of rotatable bonds is 11. The Morgan fingerprint density at radius 1 is 0.821 bits per heavy atom. The maximum absolute atomic E-state index is 14.1. The third kappa shape index (κ3) is 4.89. The van der Waals surface area contributed by atoms with Gasteiger partial charge in [0.2, 0.25) is 0 Å². The van der Waals surface area contributed by atoms with Gasteiger partial charge in [-0.15, -0.1) is 0 Å². The summed E-state index contributed by atoms with van der Waals surface area (Å²) < 4.78 is 16.3. The van der Waals surface area contributed by atoms with E-state index < -0.39 is 5.82 Å². The number of unbranched alkanes of at least 4 members (excludes halogenated alkanes) is 7. The molecule has 28 heavy (non-hydrogen) atoms. The van der Waals surface area contributed by atoms with Gasteiger partial charge < -0.3 is 4.57 Å². The molecule has 3 rings (SSSR count). The summed E-state index contributed by atoms with van der Waals surface area (Å²) in [5, 5.41) is 0.898. The van der Waals surface area contributed by atoms with Crippen molar-refractivity contribution in [3.8, 4) is 0 Å². The minimum absolute atomic E-state index is 0.137. The quantitative estimate of drug-likeness (QED) is 0.256. The molecule has 148 valence electrons. The first-order valence-corrected chi connectivity index (χ1v) is 10.6. The van der Waals surface area contributed by atoms with E-state index in [1.165, 1.54) is 51.0 Å². The molecule has 0 aliphatic rings. The molecule has 0 unspecified atom stereocenters. The molecule has 3 heteroatoms. The molecule has 2 aromatic carbocycles. The number of hydrogen-bond donors (Lipinski definition) is 0. The molecule has 1 aromatic heterocycles. The van der Waals surface area contributed by atoms with E-state index in [1.807, 2.05) is 30.5 Å². The first-order chi connectivity index (χ1) is 13.7. The van der Waals surface area contributed by atoms with Crippen LogP contribution in [0.4, 0.5) is 4.39 Å². The van der Waals surface area contributed by atoms with Gasteiger partial charge in [-0.3, -0.25) is 4.79 Å². The van der Waals surface area contributed by atoms with Crippen LogP contribution in [0.1, 0.15) is 74.2 Å². The second-order valence-electron chi connectivity index (χ2n) is 7.54. The molecule has 3 aromatic rings. The SMILES string of the molecule is CCCCCCCCCCn1cc(C(=O)c2ccccc2F)c2ccccc21. The van der Waals surface area contributed by atoms with E-state index in [1.54, 1.807) is 18.2 Å². The summed E-state index contributed by atoms with van der Waals surface area (Å²) in [5.74, 6) is -0.712. The minimum Gasteiger partial charge on any atom is -0.347 e. The first-order valence-electron chi connectivity index (χ1n) is 10.6. The van der Waals surface area contributed by atoms with E-state index in [9.17, 15) is 9.18 Å². The van der Waals surface area contributed by atoms with Crippen molar-refractivity contribution < 1.29 is 9.18 Å². The normalized spacial score (nSPS) is 11.2. The number of aromatic nitrogens is 1. The molecule has 0 amide bonds. The lowest BCUT2D eigenvalue weighted by atomic mass is 10.0. The molecule has 0 fully saturated rings. The molecule has 0 N–H and O–H groups in total. The number of fused-ring (bicyclic) bond motifs is 1. The van der Waals surface area contributed by atoms with Gasteiger partial charge in [0.15, 0.2) is 5.78 Å². The zero-order valence-corrected chi connectivity index (χ0v) is 16.8. The van der Waals surface area contributed by atoms with Gasteiger partial charge in [-0.2, -0.15) is 0 Å². The highest BCUT2D eigenvalue weighted by Crippen LogP contribution is 2.25. The number of nitrogens with zero attached hydrogens (tertiary/aromatic N) is 1. The first kappa shape index (κ1) is 20.3. The van der Waals surface area contributed by atoms with Crippen LogP contribution in [0.5, 0.6) is 0 Å². The van der Waals surface area contributed by atoms with Crippen molar-refractivity contribution in [1.82, 2.24) is 4.57 Å². The number of benzene rings is 2. The lowest BCUT2D eigenvalue weighted by Gasteiger charge is -2.05. The van der Waals surface area contributed by atoms with E-state index in [-0.39, 0.29) is 11.3 Å². The Balaban J connectivity index is 1.68. The number of para-hydroxylation sites is 1. The fraction of sp³-hybridized carbons (Fsp3) is 0.400. The van der Waals surface area contributed by atoms with Gasteiger partial charge in [0.25, 0.3) is 0 Å². The highest BCUT2D eigenvalue weighted by molar-refractivity contribution is 6.16. The van der Waals surface area contributed by atoms with Crippen LogP contribution in [0, 0.1) is 5.82 Å². The molecule has 2 nitrogen and oxygen atoms in total. The highest BCUT2D eigenvalue weighted by atomic mass is 19.1. The lowest BCUT2D eigenvalue weighted by Crippen LogP contribution is -2.03. The number of carbonyl (C=O) groups is 1. The van der Waals surface area contributed by atoms with Gasteiger partial charge in [0.05, 0.1) is 5.56 Å². The summed E-state index contributed by atoms with van der Waals surface area (Å²) in [6, 6.07) is 14.1. The molecule has 0 aliphatic carbocycles. The highest BCUT2D eigenvalue weighted by Gasteiger charge is 2.18. The van der Waals surface area contributed by atoms with E-state index in [0.29, 0.717) is 5.56 Å². The number of carbonyl (C=O) groups excluding carboxylic acids is 1. The van der Waals surface area contributed by atoms with Crippen molar-refractivity contribution in [3.05, 3.63) is 71.7 Å². The van der Waals surface area contributed by atoms with Crippen molar-refractivity contribution in [1.29, 1.82) is 0 Å². The van der Waals surface area contributed by atoms with Crippen molar-refractivity contribution in [2.45, 2.75) is 64.8 Å². The monoisotopic (exact) mass is 379 g/mol. The van der Waals surface area contributed by atoms with E-state index >= 15 is 0 Å². The zero-order valence-electron chi connectivity index (χ0n) is 16.8. The van der Waals surface area contributed by atoms with Crippen LogP contribution in [0.3, 0.4) is 0 Å². The maximum atomic E-state index is 14.1. The fourth-order valence-corrected chi connectivity index (χ4v) is 3.82. The fourth-order valence-electron chi connectivity index (χ4n) is 3.82. The molecular weight excluding hydrogens is 349 g/mol. The Hall–Kier alpha value is -2.42. The van der Waals surface area contributed by atoms with Crippen LogP contribution in [0.2, 0.25) is 0 Å². The minimum atomic E-state index is -0.465. The standard InChI is InChI=1S/C25H30FNO/c1-2-3-4-5-6-7-8-13-18-27-19-22(20-14-10-12-17-24(20)27)25(28)21-15-9-11-16-23(21)26/h9-12,14-17,19H,2-8,13,18H2,1H3. The van der Waals surface area contributed by atoms with Gasteiger partial charge in [-0.25, -0.2) is 4.39 Å². The Kier molecular flexibility index (Phi) is 7.41. The molecule has 0 bridgehead atoms. The smallest absolute Gasteiger partial charge is 0.198 e. The topological polar surface area (TPSA) is 22.0 Å². The summed E-state index contributed by atoms with van der Waals surface area (Å²) in [6.07, 6.45) is 12.1. The average molecular weight is 380 g/mol. The van der Waals surface area contributed by atoms with Crippen molar-refractivity contribution in [2.75, 3.05) is 0 Å². The molecule has 0 saturated carbocycles.